The van der Waals surface area contributed by atoms with Crippen LogP contribution in [-0.2, 0) is 13.0 Å². The summed E-state index contributed by atoms with van der Waals surface area (Å²) < 4.78 is 0. The molecule has 0 aliphatic heterocycles. The lowest BCUT2D eigenvalue weighted by Gasteiger charge is -2.20. The van der Waals surface area contributed by atoms with Crippen molar-refractivity contribution in [3.63, 3.8) is 0 Å². The predicted molar refractivity (Wildman–Crippen MR) is 118 cm³/mol. The number of carbonyl (C=O) groups is 1. The maximum absolute atomic E-state index is 11.0. The molecule has 4 unspecified atom stereocenters. The van der Waals surface area contributed by atoms with E-state index in [0.29, 0.717) is 16.3 Å². The lowest BCUT2D eigenvalue weighted by Crippen LogP contribution is -2.18. The van der Waals surface area contributed by atoms with Crippen molar-refractivity contribution < 1.29 is 20.1 Å². The van der Waals surface area contributed by atoms with E-state index in [-0.39, 0.29) is 23.8 Å². The molecule has 2 aromatic rings. The molecule has 7 heteroatoms. The van der Waals surface area contributed by atoms with E-state index < -0.39 is 12.1 Å². The first-order valence-electron chi connectivity index (χ1n) is 9.60. The normalized spacial score (nSPS) is 24.4. The van der Waals surface area contributed by atoms with E-state index in [1.54, 1.807) is 12.1 Å². The third-order valence-electron chi connectivity index (χ3n) is 5.38. The highest BCUT2D eigenvalue weighted by atomic mass is 35.5. The Morgan fingerprint density at radius 2 is 2.07 bits per heavy atom. The van der Waals surface area contributed by atoms with Crippen LogP contribution in [0.4, 0.5) is 0 Å². The maximum atomic E-state index is 11.0. The van der Waals surface area contributed by atoms with Crippen LogP contribution < -0.4 is 0 Å². The molecule has 0 bridgehead atoms. The number of thiophene rings is 1. The molecular formula is C22H24Cl2O4S. The van der Waals surface area contributed by atoms with Crippen molar-refractivity contribution in [2.45, 2.75) is 43.8 Å². The van der Waals surface area contributed by atoms with Crippen LogP contribution in [0.5, 0.6) is 0 Å². The molecule has 29 heavy (non-hydrogen) atoms. The summed E-state index contributed by atoms with van der Waals surface area (Å²) in [6.07, 6.45) is 6.54. The number of aromatic carboxylic acids is 1. The van der Waals surface area contributed by atoms with E-state index in [0.717, 1.165) is 35.3 Å². The molecule has 0 saturated heterocycles. The van der Waals surface area contributed by atoms with E-state index in [1.807, 2.05) is 30.4 Å². The first kappa shape index (κ1) is 22.3. The van der Waals surface area contributed by atoms with Crippen LogP contribution in [0.1, 0.15) is 44.9 Å². The van der Waals surface area contributed by atoms with Crippen molar-refractivity contribution >= 4 is 46.6 Å². The number of aliphatic hydroxyl groups excluding tert-OH is 2. The summed E-state index contributed by atoms with van der Waals surface area (Å²) in [5.41, 5.74) is 1.62. The zero-order valence-electron chi connectivity index (χ0n) is 15.8. The highest BCUT2D eigenvalue weighted by Gasteiger charge is 2.39. The number of halogens is 2. The molecular weight excluding hydrogens is 431 g/mol. The molecule has 0 radical (unpaired) electrons. The summed E-state index contributed by atoms with van der Waals surface area (Å²) in [6, 6.07) is 8.92. The fraction of sp³-hybridized carbons (Fsp3) is 0.409. The third kappa shape index (κ3) is 5.83. The van der Waals surface area contributed by atoms with E-state index in [2.05, 4.69) is 0 Å². The van der Waals surface area contributed by atoms with Gasteiger partial charge in [-0.2, -0.15) is 0 Å². The molecule has 1 aromatic heterocycles. The average molecular weight is 455 g/mol. The van der Waals surface area contributed by atoms with Gasteiger partial charge >= 0.3 is 5.97 Å². The number of carboxylic acid groups (broad SMARTS) is 1. The number of aliphatic hydroxyl groups is 2. The van der Waals surface area contributed by atoms with Crippen LogP contribution in [0.15, 0.2) is 36.4 Å². The second-order valence-corrected chi connectivity index (χ2v) is 9.60. The van der Waals surface area contributed by atoms with Crippen molar-refractivity contribution in [3.05, 3.63) is 62.3 Å². The van der Waals surface area contributed by atoms with Gasteiger partial charge in [-0.05, 0) is 73.1 Å². The predicted octanol–water partition coefficient (Wildman–Crippen LogP) is 5.23. The Balaban J connectivity index is 1.63. The number of carboxylic acids is 1. The van der Waals surface area contributed by atoms with Gasteiger partial charge in [0.15, 0.2) is 0 Å². The maximum Gasteiger partial charge on any atom is 0.345 e. The van der Waals surface area contributed by atoms with Gasteiger partial charge in [0.25, 0.3) is 0 Å². The lowest BCUT2D eigenvalue weighted by atomic mass is 9.89. The SMILES string of the molecule is O=C(O)c1ccc(CCCC2C(Cl)CC(O)C2C=Cc2cc(Cl)cc(CO)c2)s1. The second-order valence-electron chi connectivity index (χ2n) is 7.43. The van der Waals surface area contributed by atoms with E-state index in [1.165, 1.54) is 11.3 Å². The molecule has 1 heterocycles. The molecule has 1 aliphatic carbocycles. The number of hydrogen-bond acceptors (Lipinski definition) is 4. The largest absolute Gasteiger partial charge is 0.477 e. The lowest BCUT2D eigenvalue weighted by molar-refractivity contribution is 0.0702. The van der Waals surface area contributed by atoms with Crippen molar-refractivity contribution in [2.75, 3.05) is 0 Å². The Morgan fingerprint density at radius 1 is 1.28 bits per heavy atom. The molecule has 4 nitrogen and oxygen atoms in total. The first-order valence-corrected chi connectivity index (χ1v) is 11.2. The van der Waals surface area contributed by atoms with Gasteiger partial charge in [-0.25, -0.2) is 4.79 Å². The van der Waals surface area contributed by atoms with Gasteiger partial charge < -0.3 is 15.3 Å². The van der Waals surface area contributed by atoms with Crippen LogP contribution in [-0.4, -0.2) is 32.8 Å². The molecule has 0 amide bonds. The fourth-order valence-corrected chi connectivity index (χ4v) is 5.59. The minimum absolute atomic E-state index is 0.0491. The quantitative estimate of drug-likeness (QED) is 0.477. The molecule has 3 N–H and O–H groups in total. The molecule has 1 aliphatic rings. The summed E-state index contributed by atoms with van der Waals surface area (Å²) in [5, 5.41) is 29.3. The monoisotopic (exact) mass is 454 g/mol. The topological polar surface area (TPSA) is 77.8 Å². The van der Waals surface area contributed by atoms with Gasteiger partial charge in [0, 0.05) is 21.2 Å². The number of alkyl halides is 1. The highest BCUT2D eigenvalue weighted by molar-refractivity contribution is 7.13. The van der Waals surface area contributed by atoms with Gasteiger partial charge in [0.05, 0.1) is 12.7 Å². The molecule has 1 aromatic carbocycles. The molecule has 1 fully saturated rings. The van der Waals surface area contributed by atoms with Crippen molar-refractivity contribution in [1.82, 2.24) is 0 Å². The Morgan fingerprint density at radius 3 is 2.76 bits per heavy atom. The fourth-order valence-electron chi connectivity index (χ4n) is 3.96. The van der Waals surface area contributed by atoms with E-state index in [4.69, 9.17) is 28.3 Å². The minimum Gasteiger partial charge on any atom is -0.477 e. The summed E-state index contributed by atoms with van der Waals surface area (Å²) in [6.45, 7) is -0.0772. The first-order chi connectivity index (χ1) is 13.9. The minimum atomic E-state index is -0.892. The standard InChI is InChI=1S/C22H24Cl2O4S/c23-15-9-13(8-14(10-15)12-25)4-6-18-17(19(24)11-20(18)26)3-1-2-16-5-7-21(29-16)22(27)28/h4-10,17-20,25-26H,1-3,11-12H2,(H,27,28). The summed E-state index contributed by atoms with van der Waals surface area (Å²) in [5.74, 6) is -0.790. The van der Waals surface area contributed by atoms with Crippen LogP contribution in [0, 0.1) is 11.8 Å². The van der Waals surface area contributed by atoms with E-state index in [9.17, 15) is 15.0 Å². The molecule has 1 saturated carbocycles. The third-order valence-corrected chi connectivity index (χ3v) is 7.23. The average Bonchev–Trinajstić information content (AvgIpc) is 3.25. The molecule has 0 spiro atoms. The van der Waals surface area contributed by atoms with Crippen molar-refractivity contribution in [3.8, 4) is 0 Å². The Kier molecular flexibility index (Phi) is 7.77. The van der Waals surface area contributed by atoms with Gasteiger partial charge in [-0.3, -0.25) is 0 Å². The van der Waals surface area contributed by atoms with Gasteiger partial charge in [0.2, 0.25) is 0 Å². The van der Waals surface area contributed by atoms with Crippen molar-refractivity contribution in [2.24, 2.45) is 11.8 Å². The van der Waals surface area contributed by atoms with Gasteiger partial charge in [0.1, 0.15) is 4.88 Å². The van der Waals surface area contributed by atoms with Crippen LogP contribution in [0.3, 0.4) is 0 Å². The Labute approximate surface area is 184 Å². The molecule has 156 valence electrons. The summed E-state index contributed by atoms with van der Waals surface area (Å²) in [7, 11) is 0. The Bertz CT molecular complexity index is 879. The molecule has 4 atom stereocenters. The number of rotatable bonds is 8. The van der Waals surface area contributed by atoms with Crippen molar-refractivity contribution in [1.29, 1.82) is 0 Å². The highest BCUT2D eigenvalue weighted by Crippen LogP contribution is 2.40. The number of hydrogen-bond donors (Lipinski definition) is 3. The van der Waals surface area contributed by atoms with E-state index >= 15 is 0 Å². The zero-order chi connectivity index (χ0) is 21.0. The smallest absolute Gasteiger partial charge is 0.345 e. The van der Waals surface area contributed by atoms with Gasteiger partial charge in [-0.15, -0.1) is 22.9 Å². The van der Waals surface area contributed by atoms with Crippen LogP contribution in [0.25, 0.3) is 6.08 Å². The van der Waals surface area contributed by atoms with Crippen LogP contribution in [0.2, 0.25) is 5.02 Å². The zero-order valence-corrected chi connectivity index (χ0v) is 18.1. The summed E-state index contributed by atoms with van der Waals surface area (Å²) >= 11 is 13.9. The second kappa shape index (κ2) is 10.1. The molecule has 3 rings (SSSR count). The van der Waals surface area contributed by atoms with Gasteiger partial charge in [-0.1, -0.05) is 23.8 Å². The number of aryl methyl sites for hydroxylation is 1. The number of benzene rings is 1. The summed E-state index contributed by atoms with van der Waals surface area (Å²) in [4.78, 5) is 12.4. The Hall–Kier alpha value is -1.37. The van der Waals surface area contributed by atoms with Crippen LogP contribution >= 0.6 is 34.5 Å².